The molecule has 2 amide bonds. The van der Waals surface area contributed by atoms with Gasteiger partial charge in [-0.2, -0.15) is 0 Å². The van der Waals surface area contributed by atoms with Crippen LogP contribution in [-0.4, -0.2) is 69.6 Å². The maximum atomic E-state index is 13.4. The monoisotopic (exact) mass is 493 g/mol. The van der Waals surface area contributed by atoms with Gasteiger partial charge in [-0.3, -0.25) is 23.9 Å². The van der Waals surface area contributed by atoms with Gasteiger partial charge in [-0.1, -0.05) is 43.5 Å². The van der Waals surface area contributed by atoms with Gasteiger partial charge in [-0.15, -0.1) is 0 Å². The molecule has 1 saturated carbocycles. The minimum absolute atomic E-state index is 0.0162. The predicted octanol–water partition coefficient (Wildman–Crippen LogP) is 3.87. The van der Waals surface area contributed by atoms with Gasteiger partial charge < -0.3 is 9.80 Å². The normalized spacial score (nSPS) is 16.8. The minimum atomic E-state index is -0.499. The first-order chi connectivity index (χ1) is 17.4. The number of likely N-dealkylation sites (tertiary alicyclic amines) is 1. The molecule has 190 valence electrons. The van der Waals surface area contributed by atoms with Crippen molar-refractivity contribution in [3.05, 3.63) is 57.5 Å². The summed E-state index contributed by atoms with van der Waals surface area (Å²) in [6.45, 7) is 2.30. The summed E-state index contributed by atoms with van der Waals surface area (Å²) in [6, 6.07) is 9.54. The van der Waals surface area contributed by atoms with E-state index in [0.717, 1.165) is 10.1 Å². The molecule has 8 nitrogen and oxygen atoms in total. The van der Waals surface area contributed by atoms with E-state index in [1.165, 1.54) is 53.5 Å². The van der Waals surface area contributed by atoms with Gasteiger partial charge >= 0.3 is 0 Å². The highest BCUT2D eigenvalue weighted by molar-refractivity contribution is 6.10. The first-order valence-corrected chi connectivity index (χ1v) is 12.8. The molecule has 36 heavy (non-hydrogen) atoms. The first kappa shape index (κ1) is 24.2. The molecule has 1 N–H and O–H groups in total. The summed E-state index contributed by atoms with van der Waals surface area (Å²) >= 11 is 0. The smallest absolute Gasteiger partial charge is 0.273 e. The van der Waals surface area contributed by atoms with Crippen LogP contribution in [0.5, 0.6) is 0 Å². The van der Waals surface area contributed by atoms with E-state index >= 15 is 0 Å². The van der Waals surface area contributed by atoms with E-state index < -0.39 is 24.0 Å². The summed E-state index contributed by atoms with van der Waals surface area (Å²) in [4.78, 5) is 47.2. The molecule has 3 aromatic rings. The van der Waals surface area contributed by atoms with Crippen molar-refractivity contribution >= 4 is 17.5 Å². The van der Waals surface area contributed by atoms with E-state index in [0.29, 0.717) is 18.2 Å². The number of halogens is 1. The number of carbonyl (C=O) groups is 2. The Bertz CT molecular complexity index is 1330. The van der Waals surface area contributed by atoms with Crippen LogP contribution in [0.1, 0.15) is 71.4 Å². The fourth-order valence-corrected chi connectivity index (χ4v) is 5.23. The van der Waals surface area contributed by atoms with Crippen molar-refractivity contribution in [2.45, 2.75) is 44.9 Å². The fraction of sp³-hybridized carbons (Fsp3) is 0.481. The lowest BCUT2D eigenvalue weighted by atomic mass is 9.84. The highest BCUT2D eigenvalue weighted by atomic mass is 19.1. The topological polar surface area (TPSA) is 90.8 Å². The number of H-pyrrole nitrogens is 1. The number of aromatic amines is 1. The van der Waals surface area contributed by atoms with Crippen molar-refractivity contribution in [2.24, 2.45) is 5.92 Å². The molecule has 2 fully saturated rings. The third-order valence-electron chi connectivity index (χ3n) is 7.61. The molecule has 2 aromatic heterocycles. The Balaban J connectivity index is 1.57. The number of benzene rings is 1. The Morgan fingerprint density at radius 3 is 2.47 bits per heavy atom. The molecule has 3 heterocycles. The molecule has 9 heteroatoms. The Morgan fingerprint density at radius 2 is 1.83 bits per heavy atom. The van der Waals surface area contributed by atoms with E-state index in [1.54, 1.807) is 7.05 Å². The summed E-state index contributed by atoms with van der Waals surface area (Å²) in [5.41, 5.74) is 2.27. The summed E-state index contributed by atoms with van der Waals surface area (Å²) in [7, 11) is 1.63. The van der Waals surface area contributed by atoms with Crippen LogP contribution >= 0.6 is 0 Å². The van der Waals surface area contributed by atoms with Gasteiger partial charge in [-0.25, -0.2) is 9.50 Å². The Morgan fingerprint density at radius 1 is 1.14 bits per heavy atom. The number of amides is 2. The predicted molar refractivity (Wildman–Crippen MR) is 135 cm³/mol. The molecule has 1 aromatic carbocycles. The van der Waals surface area contributed by atoms with E-state index in [9.17, 15) is 18.8 Å². The van der Waals surface area contributed by atoms with Crippen LogP contribution in [0.3, 0.4) is 0 Å². The zero-order chi connectivity index (χ0) is 25.4. The molecule has 1 aliphatic carbocycles. The molecule has 1 aliphatic heterocycles. The van der Waals surface area contributed by atoms with Gasteiger partial charge in [0.05, 0.1) is 12.4 Å². The molecule has 0 spiro atoms. The number of nitrogens with zero attached hydrogens (tertiary/aromatic N) is 4. The first-order valence-electron chi connectivity index (χ1n) is 12.8. The molecule has 5 rings (SSSR count). The molecule has 0 bridgehead atoms. The summed E-state index contributed by atoms with van der Waals surface area (Å²) in [6.07, 6.45) is 6.20. The second-order valence-electron chi connectivity index (χ2n) is 10.0. The van der Waals surface area contributed by atoms with Crippen LogP contribution in [0.4, 0.5) is 4.39 Å². The summed E-state index contributed by atoms with van der Waals surface area (Å²) in [5, 5.41) is 2.82. The zero-order valence-electron chi connectivity index (χ0n) is 20.8. The number of hydrogen-bond donors (Lipinski definition) is 1. The average Bonchev–Trinajstić information content (AvgIpc) is 3.28. The average molecular weight is 494 g/mol. The number of carbonyl (C=O) groups excluding carboxylic acids is 2. The highest BCUT2D eigenvalue weighted by Gasteiger charge is 2.36. The van der Waals surface area contributed by atoms with Gasteiger partial charge in [0.15, 0.2) is 5.65 Å². The third-order valence-corrected chi connectivity index (χ3v) is 7.61. The van der Waals surface area contributed by atoms with E-state index in [1.807, 2.05) is 19.1 Å². The second-order valence-corrected chi connectivity index (χ2v) is 10.0. The highest BCUT2D eigenvalue weighted by Crippen LogP contribution is 2.33. The van der Waals surface area contributed by atoms with Gasteiger partial charge in [-0.05, 0) is 31.2 Å². The van der Waals surface area contributed by atoms with Crippen molar-refractivity contribution in [1.29, 1.82) is 0 Å². The second kappa shape index (κ2) is 9.87. The molecular weight excluding hydrogens is 461 g/mol. The third kappa shape index (κ3) is 4.31. The van der Waals surface area contributed by atoms with E-state index in [-0.39, 0.29) is 35.9 Å². The van der Waals surface area contributed by atoms with Gasteiger partial charge in [0.25, 0.3) is 17.4 Å². The number of alkyl halides is 1. The van der Waals surface area contributed by atoms with Crippen LogP contribution in [0.25, 0.3) is 16.9 Å². The van der Waals surface area contributed by atoms with Gasteiger partial charge in [0.1, 0.15) is 11.3 Å². The van der Waals surface area contributed by atoms with E-state index in [4.69, 9.17) is 0 Å². The number of aromatic nitrogens is 3. The number of rotatable bonds is 6. The number of fused-ring (bicyclic) bond motifs is 1. The van der Waals surface area contributed by atoms with Crippen molar-refractivity contribution < 1.29 is 14.0 Å². The molecule has 1 saturated heterocycles. The largest absolute Gasteiger partial charge is 0.341 e. The lowest BCUT2D eigenvalue weighted by Gasteiger charge is -2.37. The number of hydrogen-bond acceptors (Lipinski definition) is 4. The van der Waals surface area contributed by atoms with E-state index in [2.05, 4.69) is 22.2 Å². The van der Waals surface area contributed by atoms with Crippen molar-refractivity contribution in [3.8, 4) is 11.3 Å². The van der Waals surface area contributed by atoms with Gasteiger partial charge in [0, 0.05) is 44.2 Å². The standard InChI is InChI=1S/C27H32FN5O3/c1-3-31(2)27(36)24-23(26(35)32-15-17(14-28)16-32)25-29-21(13-22(34)33(25)30-24)20-11-9-19(10-12-20)18-7-5-4-6-8-18/h9-13,17-18,30H,3-8,14-16H2,1-2H3. The van der Waals surface area contributed by atoms with Crippen molar-refractivity contribution in [3.63, 3.8) is 0 Å². The molecule has 0 radical (unpaired) electrons. The lowest BCUT2D eigenvalue weighted by molar-refractivity contribution is 0.0450. The molecule has 0 unspecified atom stereocenters. The Hall–Kier alpha value is -3.49. The van der Waals surface area contributed by atoms with Crippen LogP contribution in [0, 0.1) is 5.92 Å². The van der Waals surface area contributed by atoms with Gasteiger partial charge in [0.2, 0.25) is 0 Å². The summed E-state index contributed by atoms with van der Waals surface area (Å²) in [5.74, 6) is -0.475. The zero-order valence-corrected chi connectivity index (χ0v) is 20.8. The fourth-order valence-electron chi connectivity index (χ4n) is 5.23. The lowest BCUT2D eigenvalue weighted by Crippen LogP contribution is -2.51. The quantitative estimate of drug-likeness (QED) is 0.564. The molecule has 2 aliphatic rings. The SMILES string of the molecule is CCN(C)C(=O)c1[nH]n2c(=O)cc(-c3ccc(C4CCCCC4)cc3)nc2c1C(=O)N1CC(CF)C1. The molecule has 0 atom stereocenters. The van der Waals surface area contributed by atoms with Crippen LogP contribution in [0.2, 0.25) is 0 Å². The van der Waals surface area contributed by atoms with Crippen molar-refractivity contribution in [2.75, 3.05) is 33.4 Å². The van der Waals surface area contributed by atoms with Crippen LogP contribution < -0.4 is 5.56 Å². The maximum absolute atomic E-state index is 13.4. The minimum Gasteiger partial charge on any atom is -0.341 e. The Labute approximate surface area is 209 Å². The molecular formula is C27H32FN5O3. The number of nitrogens with one attached hydrogen (secondary N) is 1. The van der Waals surface area contributed by atoms with Crippen LogP contribution in [0.15, 0.2) is 35.1 Å². The summed E-state index contributed by atoms with van der Waals surface area (Å²) < 4.78 is 14.2. The van der Waals surface area contributed by atoms with Crippen LogP contribution in [-0.2, 0) is 0 Å². The Kier molecular flexibility index (Phi) is 6.64. The maximum Gasteiger partial charge on any atom is 0.273 e. The van der Waals surface area contributed by atoms with Crippen molar-refractivity contribution in [1.82, 2.24) is 24.4 Å².